The molecule has 0 bridgehead atoms. The van der Waals surface area contributed by atoms with Crippen LogP contribution in [0.2, 0.25) is 0 Å². The van der Waals surface area contributed by atoms with Gasteiger partial charge in [0.1, 0.15) is 5.75 Å². The first kappa shape index (κ1) is 15.7. The van der Waals surface area contributed by atoms with E-state index in [4.69, 9.17) is 10.00 Å². The van der Waals surface area contributed by atoms with Crippen LogP contribution in [0, 0.1) is 16.7 Å². The Morgan fingerprint density at radius 2 is 2.16 bits per heavy atom. The zero-order chi connectivity index (χ0) is 14.3. The molecule has 4 heteroatoms. The van der Waals surface area contributed by atoms with Gasteiger partial charge in [0, 0.05) is 4.47 Å². The van der Waals surface area contributed by atoms with Crippen LogP contribution in [0.3, 0.4) is 0 Å². The number of halogens is 1. The number of hydrogen-bond donors (Lipinski definition) is 0. The smallest absolute Gasteiger partial charge is 0.153 e. The van der Waals surface area contributed by atoms with Gasteiger partial charge >= 0.3 is 0 Å². The van der Waals surface area contributed by atoms with Crippen LogP contribution in [0.4, 0.5) is 0 Å². The second-order valence-electron chi connectivity index (χ2n) is 5.10. The van der Waals surface area contributed by atoms with Crippen molar-refractivity contribution in [2.24, 2.45) is 5.41 Å². The second-order valence-corrected chi connectivity index (χ2v) is 6.02. The van der Waals surface area contributed by atoms with E-state index >= 15 is 0 Å². The Morgan fingerprint density at radius 3 is 2.79 bits per heavy atom. The number of benzene rings is 1. The van der Waals surface area contributed by atoms with Crippen molar-refractivity contribution in [2.45, 2.75) is 33.1 Å². The molecule has 0 aromatic heterocycles. The fourth-order valence-corrected chi connectivity index (χ4v) is 2.03. The Balaban J connectivity index is 2.38. The van der Waals surface area contributed by atoms with Gasteiger partial charge in [-0.05, 0) is 51.3 Å². The average molecular weight is 324 g/mol. The molecule has 1 aromatic rings. The molecule has 0 aliphatic carbocycles. The highest BCUT2D eigenvalue weighted by Gasteiger charge is 2.15. The fraction of sp³-hybridized carbons (Fsp3) is 0.467. The van der Waals surface area contributed by atoms with Crippen LogP contribution in [-0.4, -0.2) is 12.9 Å². The lowest BCUT2D eigenvalue weighted by atomic mass is 9.89. The largest absolute Gasteiger partial charge is 0.493 e. The molecule has 1 aromatic carbocycles. The van der Waals surface area contributed by atoms with E-state index in [1.165, 1.54) is 0 Å². The monoisotopic (exact) mass is 323 g/mol. The molecule has 0 spiro atoms. The van der Waals surface area contributed by atoms with Gasteiger partial charge in [0.15, 0.2) is 6.29 Å². The van der Waals surface area contributed by atoms with Crippen molar-refractivity contribution in [2.75, 3.05) is 6.61 Å². The molecule has 102 valence electrons. The van der Waals surface area contributed by atoms with Crippen molar-refractivity contribution in [1.82, 2.24) is 0 Å². The normalized spacial score (nSPS) is 10.8. The summed E-state index contributed by atoms with van der Waals surface area (Å²) < 4.78 is 6.46. The van der Waals surface area contributed by atoms with Crippen LogP contribution in [0.15, 0.2) is 22.7 Å². The highest BCUT2D eigenvalue weighted by molar-refractivity contribution is 9.10. The Morgan fingerprint density at radius 1 is 1.42 bits per heavy atom. The summed E-state index contributed by atoms with van der Waals surface area (Å²) in [6, 6.07) is 7.65. The van der Waals surface area contributed by atoms with E-state index in [2.05, 4.69) is 22.0 Å². The van der Waals surface area contributed by atoms with E-state index in [0.29, 0.717) is 17.9 Å². The Bertz CT molecular complexity index is 478. The SMILES string of the molecule is CC(C)(C#N)CCCCOc1ccc(Br)cc1C=O. The topological polar surface area (TPSA) is 50.1 Å². The van der Waals surface area contributed by atoms with E-state index in [1.807, 2.05) is 19.9 Å². The van der Waals surface area contributed by atoms with Gasteiger partial charge in [-0.2, -0.15) is 5.26 Å². The van der Waals surface area contributed by atoms with Crippen LogP contribution in [-0.2, 0) is 0 Å². The number of aldehydes is 1. The van der Waals surface area contributed by atoms with E-state index < -0.39 is 0 Å². The maximum atomic E-state index is 10.9. The molecule has 0 saturated carbocycles. The van der Waals surface area contributed by atoms with E-state index in [1.54, 1.807) is 12.1 Å². The predicted molar refractivity (Wildman–Crippen MR) is 78.3 cm³/mol. The lowest BCUT2D eigenvalue weighted by Crippen LogP contribution is -2.08. The first-order valence-electron chi connectivity index (χ1n) is 6.27. The summed E-state index contributed by atoms with van der Waals surface area (Å²) in [7, 11) is 0. The number of carbonyl (C=O) groups is 1. The van der Waals surface area contributed by atoms with Gasteiger partial charge in [-0.25, -0.2) is 0 Å². The van der Waals surface area contributed by atoms with Crippen molar-refractivity contribution in [1.29, 1.82) is 5.26 Å². The summed E-state index contributed by atoms with van der Waals surface area (Å²) in [6.45, 7) is 4.43. The molecule has 0 aliphatic heterocycles. The van der Waals surface area contributed by atoms with Crippen LogP contribution in [0.25, 0.3) is 0 Å². The Kier molecular flexibility index (Phi) is 6.04. The molecule has 0 aliphatic rings. The van der Waals surface area contributed by atoms with E-state index in [9.17, 15) is 4.79 Å². The van der Waals surface area contributed by atoms with Crippen molar-refractivity contribution in [3.8, 4) is 11.8 Å². The maximum absolute atomic E-state index is 10.9. The Labute approximate surface area is 122 Å². The quantitative estimate of drug-likeness (QED) is 0.553. The third-order valence-corrected chi connectivity index (χ3v) is 3.35. The molecule has 0 amide bonds. The molecule has 0 unspecified atom stereocenters. The summed E-state index contributed by atoms with van der Waals surface area (Å²) in [5, 5.41) is 8.90. The van der Waals surface area contributed by atoms with Crippen molar-refractivity contribution >= 4 is 22.2 Å². The summed E-state index contributed by atoms with van der Waals surface area (Å²) in [5.41, 5.74) is 0.276. The maximum Gasteiger partial charge on any atom is 0.153 e. The average Bonchev–Trinajstić information content (AvgIpc) is 2.39. The van der Waals surface area contributed by atoms with Gasteiger partial charge in [-0.15, -0.1) is 0 Å². The molecule has 1 rings (SSSR count). The molecule has 0 atom stereocenters. The first-order valence-corrected chi connectivity index (χ1v) is 7.06. The minimum Gasteiger partial charge on any atom is -0.493 e. The fourth-order valence-electron chi connectivity index (χ4n) is 1.65. The number of nitriles is 1. The molecule has 19 heavy (non-hydrogen) atoms. The highest BCUT2D eigenvalue weighted by atomic mass is 79.9. The minimum atomic E-state index is -0.272. The summed E-state index contributed by atoms with van der Waals surface area (Å²) in [5.74, 6) is 0.609. The molecule has 0 saturated heterocycles. The predicted octanol–water partition coefficient (Wildman–Crippen LogP) is 4.36. The van der Waals surface area contributed by atoms with Crippen molar-refractivity contribution in [3.63, 3.8) is 0 Å². The van der Waals surface area contributed by atoms with Gasteiger partial charge in [0.05, 0.1) is 23.7 Å². The van der Waals surface area contributed by atoms with Gasteiger partial charge < -0.3 is 4.74 Å². The van der Waals surface area contributed by atoms with Gasteiger partial charge in [-0.1, -0.05) is 15.9 Å². The molecular formula is C15H18BrNO2. The van der Waals surface area contributed by atoms with Crippen LogP contribution in [0.1, 0.15) is 43.5 Å². The lowest BCUT2D eigenvalue weighted by Gasteiger charge is -2.14. The summed E-state index contributed by atoms with van der Waals surface area (Å²) in [4.78, 5) is 10.9. The second kappa shape index (κ2) is 7.30. The van der Waals surface area contributed by atoms with E-state index in [0.717, 1.165) is 30.0 Å². The van der Waals surface area contributed by atoms with Gasteiger partial charge in [-0.3, -0.25) is 4.79 Å². The third-order valence-electron chi connectivity index (χ3n) is 2.86. The number of nitrogens with zero attached hydrogens (tertiary/aromatic N) is 1. The van der Waals surface area contributed by atoms with Crippen LogP contribution >= 0.6 is 15.9 Å². The zero-order valence-corrected chi connectivity index (χ0v) is 12.9. The number of unbranched alkanes of at least 4 members (excludes halogenated alkanes) is 1. The Hall–Kier alpha value is -1.34. The van der Waals surface area contributed by atoms with Crippen LogP contribution in [0.5, 0.6) is 5.75 Å². The summed E-state index contributed by atoms with van der Waals surface area (Å²) in [6.07, 6.45) is 3.46. The lowest BCUT2D eigenvalue weighted by molar-refractivity contribution is 0.111. The minimum absolute atomic E-state index is 0.272. The summed E-state index contributed by atoms with van der Waals surface area (Å²) >= 11 is 3.31. The molecule has 0 radical (unpaired) electrons. The molecule has 0 fully saturated rings. The standard InChI is InChI=1S/C15H18BrNO2/c1-15(2,11-17)7-3-4-8-19-14-6-5-13(16)9-12(14)10-18/h5-6,9-10H,3-4,7-8H2,1-2H3. The number of carbonyl (C=O) groups excluding carboxylic acids is 1. The number of hydrogen-bond acceptors (Lipinski definition) is 3. The molecule has 3 nitrogen and oxygen atoms in total. The van der Waals surface area contributed by atoms with Gasteiger partial charge in [0.25, 0.3) is 0 Å². The van der Waals surface area contributed by atoms with Crippen LogP contribution < -0.4 is 4.74 Å². The molecule has 0 N–H and O–H groups in total. The zero-order valence-electron chi connectivity index (χ0n) is 11.3. The molecular weight excluding hydrogens is 306 g/mol. The van der Waals surface area contributed by atoms with Gasteiger partial charge in [0.2, 0.25) is 0 Å². The third kappa shape index (κ3) is 5.44. The van der Waals surface area contributed by atoms with Crippen molar-refractivity contribution < 1.29 is 9.53 Å². The first-order chi connectivity index (χ1) is 8.98. The van der Waals surface area contributed by atoms with Crippen molar-refractivity contribution in [3.05, 3.63) is 28.2 Å². The number of ether oxygens (including phenoxy) is 1. The highest BCUT2D eigenvalue weighted by Crippen LogP contribution is 2.23. The van der Waals surface area contributed by atoms with E-state index in [-0.39, 0.29) is 5.41 Å². The number of rotatable bonds is 7. The molecule has 0 heterocycles.